The average Bonchev–Trinajstić information content (AvgIpc) is 2.37. The van der Waals surface area contributed by atoms with Gasteiger partial charge in [-0.15, -0.1) is 0 Å². The van der Waals surface area contributed by atoms with E-state index in [4.69, 9.17) is 4.74 Å². The predicted molar refractivity (Wildman–Crippen MR) is 68.7 cm³/mol. The molecule has 1 aliphatic carbocycles. The van der Waals surface area contributed by atoms with Gasteiger partial charge in [-0.3, -0.25) is 4.90 Å². The standard InChI is InChI=1S/C15H21NO/c1-2-17-15-13-8-14(15)11-16(10-13)9-12-6-4-3-5-7-12/h3-7,13-15H,2,8-11H2,1H3/t13-,14+,15?. The van der Waals surface area contributed by atoms with Gasteiger partial charge in [0.15, 0.2) is 0 Å². The number of fused-ring (bicyclic) bond motifs is 2. The van der Waals surface area contributed by atoms with Crippen LogP contribution >= 0.6 is 0 Å². The van der Waals surface area contributed by atoms with Crippen molar-refractivity contribution >= 4 is 0 Å². The van der Waals surface area contributed by atoms with Crippen LogP contribution in [0.25, 0.3) is 0 Å². The predicted octanol–water partition coefficient (Wildman–Crippen LogP) is 2.54. The van der Waals surface area contributed by atoms with Gasteiger partial charge < -0.3 is 4.74 Å². The Morgan fingerprint density at radius 1 is 1.18 bits per heavy atom. The summed E-state index contributed by atoms with van der Waals surface area (Å²) in [4.78, 5) is 2.59. The fourth-order valence-electron chi connectivity index (χ4n) is 3.38. The zero-order valence-corrected chi connectivity index (χ0v) is 10.5. The summed E-state index contributed by atoms with van der Waals surface area (Å²) in [6, 6.07) is 10.8. The highest BCUT2D eigenvalue weighted by molar-refractivity contribution is 5.15. The molecule has 3 atom stereocenters. The van der Waals surface area contributed by atoms with Crippen molar-refractivity contribution in [1.29, 1.82) is 0 Å². The largest absolute Gasteiger partial charge is 0.378 e. The van der Waals surface area contributed by atoms with Crippen LogP contribution in [0.3, 0.4) is 0 Å². The van der Waals surface area contributed by atoms with Crippen LogP contribution in [-0.4, -0.2) is 30.7 Å². The minimum absolute atomic E-state index is 0.562. The lowest BCUT2D eigenvalue weighted by Crippen LogP contribution is -2.58. The molecule has 2 saturated heterocycles. The van der Waals surface area contributed by atoms with Gasteiger partial charge in [0, 0.05) is 26.2 Å². The fraction of sp³-hybridized carbons (Fsp3) is 0.600. The van der Waals surface area contributed by atoms with E-state index in [0.29, 0.717) is 6.10 Å². The van der Waals surface area contributed by atoms with Crippen LogP contribution in [0.2, 0.25) is 0 Å². The summed E-state index contributed by atoms with van der Waals surface area (Å²) in [6.07, 6.45) is 1.95. The Morgan fingerprint density at radius 2 is 1.88 bits per heavy atom. The van der Waals surface area contributed by atoms with E-state index in [1.807, 2.05) is 0 Å². The van der Waals surface area contributed by atoms with Crippen LogP contribution in [0.1, 0.15) is 18.9 Å². The Bertz CT molecular complexity index is 352. The quantitative estimate of drug-likeness (QED) is 0.789. The maximum Gasteiger partial charge on any atom is 0.0655 e. The van der Waals surface area contributed by atoms with Crippen molar-refractivity contribution in [3.05, 3.63) is 35.9 Å². The molecule has 0 spiro atoms. The van der Waals surface area contributed by atoms with Crippen molar-refractivity contribution in [3.63, 3.8) is 0 Å². The summed E-state index contributed by atoms with van der Waals surface area (Å²) in [5.41, 5.74) is 1.43. The molecular formula is C15H21NO. The third-order valence-electron chi connectivity index (χ3n) is 4.13. The van der Waals surface area contributed by atoms with Crippen LogP contribution in [0.5, 0.6) is 0 Å². The molecule has 2 heteroatoms. The van der Waals surface area contributed by atoms with E-state index in [1.54, 1.807) is 0 Å². The highest BCUT2D eigenvalue weighted by atomic mass is 16.5. The highest BCUT2D eigenvalue weighted by Crippen LogP contribution is 2.42. The van der Waals surface area contributed by atoms with E-state index in [2.05, 4.69) is 42.2 Å². The molecule has 0 N–H and O–H groups in total. The van der Waals surface area contributed by atoms with E-state index in [9.17, 15) is 0 Å². The molecular weight excluding hydrogens is 210 g/mol. The van der Waals surface area contributed by atoms with E-state index < -0.39 is 0 Å². The smallest absolute Gasteiger partial charge is 0.0655 e. The van der Waals surface area contributed by atoms with Crippen LogP contribution in [0, 0.1) is 11.8 Å². The molecule has 0 aromatic heterocycles. The zero-order chi connectivity index (χ0) is 11.7. The summed E-state index contributed by atoms with van der Waals surface area (Å²) < 4.78 is 5.82. The lowest BCUT2D eigenvalue weighted by atomic mass is 9.68. The maximum atomic E-state index is 5.82. The van der Waals surface area contributed by atoms with Gasteiger partial charge in [0.05, 0.1) is 6.10 Å². The molecule has 0 amide bonds. The van der Waals surface area contributed by atoms with Gasteiger partial charge in [0.25, 0.3) is 0 Å². The number of rotatable bonds is 4. The topological polar surface area (TPSA) is 12.5 Å². The van der Waals surface area contributed by atoms with E-state index >= 15 is 0 Å². The van der Waals surface area contributed by atoms with Crippen LogP contribution in [0.4, 0.5) is 0 Å². The molecule has 2 nitrogen and oxygen atoms in total. The summed E-state index contributed by atoms with van der Waals surface area (Å²) in [6.45, 7) is 6.52. The molecule has 2 heterocycles. The lowest BCUT2D eigenvalue weighted by molar-refractivity contribution is -0.142. The Balaban J connectivity index is 1.56. The van der Waals surface area contributed by atoms with Crippen LogP contribution in [-0.2, 0) is 11.3 Å². The molecule has 1 aromatic rings. The normalized spacial score (nSPS) is 32.2. The van der Waals surface area contributed by atoms with Crippen molar-refractivity contribution in [3.8, 4) is 0 Å². The first-order chi connectivity index (χ1) is 8.36. The molecule has 17 heavy (non-hydrogen) atoms. The first-order valence-electron chi connectivity index (χ1n) is 6.74. The second-order valence-corrected chi connectivity index (χ2v) is 5.36. The van der Waals surface area contributed by atoms with Crippen molar-refractivity contribution < 1.29 is 4.74 Å². The van der Waals surface area contributed by atoms with E-state index in [0.717, 1.165) is 25.0 Å². The third-order valence-corrected chi connectivity index (χ3v) is 4.13. The van der Waals surface area contributed by atoms with Crippen LogP contribution in [0.15, 0.2) is 30.3 Å². The summed E-state index contributed by atoms with van der Waals surface area (Å²) in [7, 11) is 0. The van der Waals surface area contributed by atoms with Crippen molar-refractivity contribution in [1.82, 2.24) is 4.90 Å². The van der Waals surface area contributed by atoms with Gasteiger partial charge in [-0.2, -0.15) is 0 Å². The number of nitrogens with zero attached hydrogens (tertiary/aromatic N) is 1. The molecule has 4 rings (SSSR count). The zero-order valence-electron chi connectivity index (χ0n) is 10.5. The lowest BCUT2D eigenvalue weighted by Gasteiger charge is -2.53. The van der Waals surface area contributed by atoms with E-state index in [-0.39, 0.29) is 0 Å². The van der Waals surface area contributed by atoms with Crippen molar-refractivity contribution in [2.24, 2.45) is 11.8 Å². The van der Waals surface area contributed by atoms with Gasteiger partial charge in [0.2, 0.25) is 0 Å². The molecule has 2 aliphatic heterocycles. The van der Waals surface area contributed by atoms with E-state index in [1.165, 1.54) is 25.1 Å². The summed E-state index contributed by atoms with van der Waals surface area (Å²) >= 11 is 0. The molecule has 3 fully saturated rings. The van der Waals surface area contributed by atoms with Gasteiger partial charge >= 0.3 is 0 Å². The van der Waals surface area contributed by atoms with Gasteiger partial charge in [0.1, 0.15) is 0 Å². The maximum absolute atomic E-state index is 5.82. The molecule has 1 saturated carbocycles. The minimum atomic E-state index is 0.562. The second-order valence-electron chi connectivity index (χ2n) is 5.36. The van der Waals surface area contributed by atoms with Crippen LogP contribution < -0.4 is 0 Å². The third kappa shape index (κ3) is 2.24. The summed E-state index contributed by atoms with van der Waals surface area (Å²) in [5.74, 6) is 1.58. The number of piperidine rings is 2. The molecule has 3 aliphatic rings. The molecule has 1 unspecified atom stereocenters. The molecule has 92 valence electrons. The monoisotopic (exact) mass is 231 g/mol. The Labute approximate surface area is 104 Å². The number of hydrogen-bond donors (Lipinski definition) is 0. The number of ether oxygens (including phenoxy) is 1. The van der Waals surface area contributed by atoms with Crippen molar-refractivity contribution in [2.45, 2.75) is 26.0 Å². The first-order valence-corrected chi connectivity index (χ1v) is 6.74. The Kier molecular flexibility index (Phi) is 3.17. The fourth-order valence-corrected chi connectivity index (χ4v) is 3.38. The highest BCUT2D eigenvalue weighted by Gasteiger charge is 2.46. The summed E-state index contributed by atoms with van der Waals surface area (Å²) in [5, 5.41) is 0. The molecule has 1 aromatic carbocycles. The average molecular weight is 231 g/mol. The SMILES string of the molecule is CCOC1[C@@H]2C[C@H]1CN(Cc1ccccc1)C2. The number of benzene rings is 1. The minimum Gasteiger partial charge on any atom is -0.378 e. The van der Waals surface area contributed by atoms with Crippen molar-refractivity contribution in [2.75, 3.05) is 19.7 Å². The van der Waals surface area contributed by atoms with Gasteiger partial charge in [-0.1, -0.05) is 30.3 Å². The Morgan fingerprint density at radius 3 is 2.53 bits per heavy atom. The number of hydrogen-bond acceptors (Lipinski definition) is 2. The van der Waals surface area contributed by atoms with Gasteiger partial charge in [-0.05, 0) is 30.7 Å². The molecule has 0 radical (unpaired) electrons. The second kappa shape index (κ2) is 4.79. The first kappa shape index (κ1) is 11.2. The molecule has 2 bridgehead atoms. The van der Waals surface area contributed by atoms with Gasteiger partial charge in [-0.25, -0.2) is 0 Å². The Hall–Kier alpha value is -0.860.